The fraction of sp³-hybridized carbons (Fsp3) is 0.884. The first-order valence-corrected chi connectivity index (χ1v) is 21.2. The molecule has 6 nitrogen and oxygen atoms in total. The molecule has 0 aromatic rings. The van der Waals surface area contributed by atoms with Crippen molar-refractivity contribution in [3.05, 3.63) is 12.2 Å². The van der Waals surface area contributed by atoms with Gasteiger partial charge < -0.3 is 14.2 Å². The highest BCUT2D eigenvalue weighted by atomic mass is 16.6. The van der Waals surface area contributed by atoms with Crippen LogP contribution in [-0.2, 0) is 28.6 Å². The number of ether oxygens (including phenoxy) is 3. The molecule has 0 rings (SSSR count). The molecule has 0 heterocycles. The zero-order chi connectivity index (χ0) is 35.9. The summed E-state index contributed by atoms with van der Waals surface area (Å²) in [5.41, 5.74) is 0. The second kappa shape index (κ2) is 38.9. The standard InChI is InChI=1S/C43H80O6/c1-4-7-10-13-16-18-20-21-22-23-24-26-27-30-33-36-42(45)48-39-40(38-47-41(44)35-32-29-15-12-9-6-3)49-43(46)37-34-31-28-25-19-17-14-11-8-5-2/h11,14,40H,4-10,12-13,15-39H2,1-3H3/b14-11-. The predicted octanol–water partition coefficient (Wildman–Crippen LogP) is 13.1. The van der Waals surface area contributed by atoms with Crippen molar-refractivity contribution >= 4 is 17.9 Å². The quantitative estimate of drug-likeness (QED) is 0.0277. The Morgan fingerprint density at radius 1 is 0.388 bits per heavy atom. The summed E-state index contributed by atoms with van der Waals surface area (Å²) < 4.78 is 16.6. The number of hydrogen-bond donors (Lipinski definition) is 0. The summed E-state index contributed by atoms with van der Waals surface area (Å²) in [6, 6.07) is 0. The molecular formula is C43H80O6. The van der Waals surface area contributed by atoms with Gasteiger partial charge in [-0.1, -0.05) is 181 Å². The van der Waals surface area contributed by atoms with E-state index in [0.29, 0.717) is 19.3 Å². The highest BCUT2D eigenvalue weighted by molar-refractivity contribution is 5.71. The van der Waals surface area contributed by atoms with Crippen molar-refractivity contribution in [3.63, 3.8) is 0 Å². The van der Waals surface area contributed by atoms with Gasteiger partial charge in [-0.2, -0.15) is 0 Å². The molecule has 0 aliphatic heterocycles. The predicted molar refractivity (Wildman–Crippen MR) is 206 cm³/mol. The van der Waals surface area contributed by atoms with Gasteiger partial charge in [0.05, 0.1) is 0 Å². The van der Waals surface area contributed by atoms with E-state index in [4.69, 9.17) is 14.2 Å². The van der Waals surface area contributed by atoms with E-state index in [1.54, 1.807) is 0 Å². The lowest BCUT2D eigenvalue weighted by Gasteiger charge is -2.18. The molecule has 1 atom stereocenters. The van der Waals surface area contributed by atoms with Crippen LogP contribution in [0.15, 0.2) is 12.2 Å². The molecule has 0 fully saturated rings. The Kier molecular flexibility index (Phi) is 37.5. The molecule has 1 unspecified atom stereocenters. The minimum atomic E-state index is -0.763. The number of unbranched alkanes of at least 4 members (excludes halogenated alkanes) is 25. The molecule has 0 aromatic carbocycles. The Morgan fingerprint density at radius 2 is 0.714 bits per heavy atom. The molecule has 6 heteroatoms. The lowest BCUT2D eigenvalue weighted by Crippen LogP contribution is -2.30. The maximum atomic E-state index is 12.6. The smallest absolute Gasteiger partial charge is 0.306 e. The lowest BCUT2D eigenvalue weighted by atomic mass is 10.0. The van der Waals surface area contributed by atoms with Crippen LogP contribution in [0.3, 0.4) is 0 Å². The van der Waals surface area contributed by atoms with E-state index < -0.39 is 6.10 Å². The van der Waals surface area contributed by atoms with Crippen molar-refractivity contribution in [2.75, 3.05) is 13.2 Å². The Bertz CT molecular complexity index is 763. The maximum absolute atomic E-state index is 12.6. The summed E-state index contributed by atoms with van der Waals surface area (Å²) in [7, 11) is 0. The van der Waals surface area contributed by atoms with Crippen LogP contribution in [0.25, 0.3) is 0 Å². The zero-order valence-corrected chi connectivity index (χ0v) is 32.7. The van der Waals surface area contributed by atoms with Crippen molar-refractivity contribution in [1.82, 2.24) is 0 Å². The third kappa shape index (κ3) is 37.2. The zero-order valence-electron chi connectivity index (χ0n) is 32.7. The monoisotopic (exact) mass is 693 g/mol. The number of allylic oxidation sites excluding steroid dienone is 2. The van der Waals surface area contributed by atoms with E-state index in [-0.39, 0.29) is 31.1 Å². The number of hydrogen-bond acceptors (Lipinski definition) is 6. The first-order chi connectivity index (χ1) is 24.0. The second-order valence-corrected chi connectivity index (χ2v) is 14.3. The Morgan fingerprint density at radius 3 is 1.10 bits per heavy atom. The largest absolute Gasteiger partial charge is 0.462 e. The summed E-state index contributed by atoms with van der Waals surface area (Å²) >= 11 is 0. The number of esters is 3. The van der Waals surface area contributed by atoms with Gasteiger partial charge >= 0.3 is 17.9 Å². The molecule has 288 valence electrons. The van der Waals surface area contributed by atoms with Gasteiger partial charge in [0.25, 0.3) is 0 Å². The number of carbonyl (C=O) groups excluding carboxylic acids is 3. The topological polar surface area (TPSA) is 78.9 Å². The van der Waals surface area contributed by atoms with Crippen LogP contribution >= 0.6 is 0 Å². The second-order valence-electron chi connectivity index (χ2n) is 14.3. The summed E-state index contributed by atoms with van der Waals surface area (Å²) in [6.45, 7) is 6.51. The van der Waals surface area contributed by atoms with Crippen molar-refractivity contribution in [1.29, 1.82) is 0 Å². The maximum Gasteiger partial charge on any atom is 0.306 e. The van der Waals surface area contributed by atoms with E-state index in [1.807, 2.05) is 0 Å². The van der Waals surface area contributed by atoms with Crippen LogP contribution < -0.4 is 0 Å². The fourth-order valence-electron chi connectivity index (χ4n) is 6.03. The van der Waals surface area contributed by atoms with E-state index in [9.17, 15) is 14.4 Å². The van der Waals surface area contributed by atoms with Gasteiger partial charge in [0.15, 0.2) is 6.10 Å². The molecule has 0 saturated heterocycles. The first-order valence-electron chi connectivity index (χ1n) is 21.2. The molecule has 0 amide bonds. The van der Waals surface area contributed by atoms with Gasteiger partial charge in [-0.05, 0) is 38.5 Å². The third-order valence-electron chi connectivity index (χ3n) is 9.25. The van der Waals surface area contributed by atoms with Crippen LogP contribution in [0.5, 0.6) is 0 Å². The van der Waals surface area contributed by atoms with Crippen LogP contribution in [0.2, 0.25) is 0 Å². The molecule has 0 N–H and O–H groups in total. The summed E-state index contributed by atoms with van der Waals surface area (Å²) in [4.78, 5) is 37.4. The van der Waals surface area contributed by atoms with E-state index >= 15 is 0 Å². The molecule has 0 saturated carbocycles. The normalized spacial score (nSPS) is 12.0. The SMILES string of the molecule is CCC/C=C\CCCCCCCC(=O)OC(COC(=O)CCCCCCCC)COC(=O)CCCCCCCCCCCCCCCCC. The number of rotatable bonds is 38. The lowest BCUT2D eigenvalue weighted by molar-refractivity contribution is -0.167. The number of carbonyl (C=O) groups is 3. The van der Waals surface area contributed by atoms with Gasteiger partial charge in [0.1, 0.15) is 13.2 Å². The van der Waals surface area contributed by atoms with Crippen molar-refractivity contribution in [2.24, 2.45) is 0 Å². The average molecular weight is 693 g/mol. The van der Waals surface area contributed by atoms with Gasteiger partial charge in [0.2, 0.25) is 0 Å². The van der Waals surface area contributed by atoms with Crippen LogP contribution in [0, 0.1) is 0 Å². The van der Waals surface area contributed by atoms with E-state index in [0.717, 1.165) is 77.0 Å². The molecule has 0 radical (unpaired) electrons. The van der Waals surface area contributed by atoms with Crippen molar-refractivity contribution in [3.8, 4) is 0 Å². The Hall–Kier alpha value is -1.85. The highest BCUT2D eigenvalue weighted by Crippen LogP contribution is 2.15. The Balaban J connectivity index is 4.23. The molecule has 0 aliphatic rings. The summed E-state index contributed by atoms with van der Waals surface area (Å²) in [5, 5.41) is 0. The van der Waals surface area contributed by atoms with E-state index in [2.05, 4.69) is 32.9 Å². The fourth-order valence-corrected chi connectivity index (χ4v) is 6.03. The minimum Gasteiger partial charge on any atom is -0.462 e. The van der Waals surface area contributed by atoms with E-state index in [1.165, 1.54) is 109 Å². The molecule has 0 spiro atoms. The molecular weight excluding hydrogens is 612 g/mol. The van der Waals surface area contributed by atoms with Crippen LogP contribution in [-0.4, -0.2) is 37.2 Å². The average Bonchev–Trinajstić information content (AvgIpc) is 3.10. The summed E-state index contributed by atoms with van der Waals surface area (Å²) in [6.07, 6.45) is 39.3. The minimum absolute atomic E-state index is 0.0703. The van der Waals surface area contributed by atoms with Gasteiger partial charge in [0, 0.05) is 19.3 Å². The summed E-state index contributed by atoms with van der Waals surface area (Å²) in [5.74, 6) is -0.887. The highest BCUT2D eigenvalue weighted by Gasteiger charge is 2.19. The Labute approximate surface area is 303 Å². The first kappa shape index (κ1) is 47.1. The van der Waals surface area contributed by atoms with Gasteiger partial charge in [-0.3, -0.25) is 14.4 Å². The molecule has 0 aliphatic carbocycles. The van der Waals surface area contributed by atoms with Gasteiger partial charge in [-0.15, -0.1) is 0 Å². The van der Waals surface area contributed by atoms with Gasteiger partial charge in [-0.25, -0.2) is 0 Å². The van der Waals surface area contributed by atoms with Crippen LogP contribution in [0.4, 0.5) is 0 Å². The third-order valence-corrected chi connectivity index (χ3v) is 9.25. The molecule has 0 aromatic heterocycles. The molecule has 49 heavy (non-hydrogen) atoms. The molecule has 0 bridgehead atoms. The van der Waals surface area contributed by atoms with Crippen molar-refractivity contribution < 1.29 is 28.6 Å². The van der Waals surface area contributed by atoms with Crippen LogP contribution in [0.1, 0.15) is 226 Å². The van der Waals surface area contributed by atoms with Crippen molar-refractivity contribution in [2.45, 2.75) is 232 Å².